The summed E-state index contributed by atoms with van der Waals surface area (Å²) < 4.78 is 17.6. The number of rotatable bonds is 4. The van der Waals surface area contributed by atoms with Crippen LogP contribution in [0.25, 0.3) is 23.0 Å². The van der Waals surface area contributed by atoms with Crippen molar-refractivity contribution in [2.75, 3.05) is 20.3 Å². The first-order valence-electron chi connectivity index (χ1n) is 8.95. The van der Waals surface area contributed by atoms with Gasteiger partial charge in [0.25, 0.3) is 0 Å². The minimum atomic E-state index is -0.701. The fourth-order valence-corrected chi connectivity index (χ4v) is 3.02. The molecule has 0 aliphatic carbocycles. The number of hydrogen-bond acceptors (Lipinski definition) is 6. The van der Waals surface area contributed by atoms with E-state index >= 15 is 0 Å². The topological polar surface area (TPSA) is 86.4 Å². The number of esters is 1. The van der Waals surface area contributed by atoms with Gasteiger partial charge in [-0.15, -0.1) is 0 Å². The Labute approximate surface area is 167 Å². The van der Waals surface area contributed by atoms with Crippen LogP contribution >= 0.6 is 0 Å². The highest BCUT2D eigenvalue weighted by atomic mass is 16.6. The summed E-state index contributed by atoms with van der Waals surface area (Å²) in [6.07, 6.45) is 3.24. The summed E-state index contributed by atoms with van der Waals surface area (Å²) >= 11 is 0. The number of hydrogen-bond donors (Lipinski definition) is 0. The van der Waals surface area contributed by atoms with E-state index in [1.54, 1.807) is 10.9 Å². The number of aromatic nitrogens is 2. The molecule has 1 aliphatic heterocycles. The van der Waals surface area contributed by atoms with E-state index in [-0.39, 0.29) is 5.57 Å². The van der Waals surface area contributed by atoms with Crippen LogP contribution in [0.5, 0.6) is 11.5 Å². The predicted molar refractivity (Wildman–Crippen MR) is 106 cm³/mol. The van der Waals surface area contributed by atoms with Crippen LogP contribution in [0, 0.1) is 11.3 Å². The molecule has 3 aromatic rings. The summed E-state index contributed by atoms with van der Waals surface area (Å²) in [4.78, 5) is 11.9. The second-order valence-electron chi connectivity index (χ2n) is 6.23. The van der Waals surface area contributed by atoms with Crippen molar-refractivity contribution in [3.63, 3.8) is 0 Å². The van der Waals surface area contributed by atoms with E-state index in [9.17, 15) is 10.1 Å². The van der Waals surface area contributed by atoms with Gasteiger partial charge in [0.05, 0.1) is 12.8 Å². The SMILES string of the molecule is COC(=O)/C(C#N)=C/c1cn(-c2ccccc2)nc1-c1ccc2c(c1)OCCO2. The highest BCUT2D eigenvalue weighted by molar-refractivity contribution is 5.98. The molecule has 1 aromatic heterocycles. The molecular weight excluding hydrogens is 370 g/mol. The Balaban J connectivity index is 1.85. The highest BCUT2D eigenvalue weighted by Gasteiger charge is 2.18. The predicted octanol–water partition coefficient (Wildman–Crippen LogP) is 3.39. The molecule has 2 heterocycles. The highest BCUT2D eigenvalue weighted by Crippen LogP contribution is 2.35. The maximum atomic E-state index is 11.9. The number of nitrogens with zero attached hydrogens (tertiary/aromatic N) is 3. The smallest absolute Gasteiger partial charge is 0.348 e. The molecule has 7 heteroatoms. The molecule has 0 radical (unpaired) electrons. The molecule has 0 saturated heterocycles. The van der Waals surface area contributed by atoms with Crippen molar-refractivity contribution in [2.45, 2.75) is 0 Å². The van der Waals surface area contributed by atoms with Gasteiger partial charge in [-0.1, -0.05) is 18.2 Å². The lowest BCUT2D eigenvalue weighted by Crippen LogP contribution is -2.15. The van der Waals surface area contributed by atoms with Gasteiger partial charge in [-0.05, 0) is 36.4 Å². The van der Waals surface area contributed by atoms with E-state index in [0.29, 0.717) is 36.0 Å². The van der Waals surface area contributed by atoms with Gasteiger partial charge in [-0.25, -0.2) is 9.48 Å². The van der Waals surface area contributed by atoms with Gasteiger partial charge in [0.2, 0.25) is 0 Å². The first-order chi connectivity index (χ1) is 14.2. The molecule has 0 fully saturated rings. The minimum absolute atomic E-state index is 0.112. The van der Waals surface area contributed by atoms with Gasteiger partial charge >= 0.3 is 5.97 Å². The molecule has 0 N–H and O–H groups in total. The average Bonchev–Trinajstić information content (AvgIpc) is 3.21. The van der Waals surface area contributed by atoms with Crippen molar-refractivity contribution in [2.24, 2.45) is 0 Å². The summed E-state index contributed by atoms with van der Waals surface area (Å²) in [5, 5.41) is 14.0. The third-order valence-corrected chi connectivity index (χ3v) is 4.40. The summed E-state index contributed by atoms with van der Waals surface area (Å²) in [6, 6.07) is 17.0. The molecule has 2 aromatic carbocycles. The van der Waals surface area contributed by atoms with Crippen LogP contribution < -0.4 is 9.47 Å². The third kappa shape index (κ3) is 3.69. The van der Waals surface area contributed by atoms with E-state index in [4.69, 9.17) is 14.2 Å². The number of methoxy groups -OCH3 is 1. The number of carbonyl (C=O) groups is 1. The van der Waals surface area contributed by atoms with E-state index in [1.165, 1.54) is 13.2 Å². The second kappa shape index (κ2) is 7.90. The molecule has 29 heavy (non-hydrogen) atoms. The molecule has 7 nitrogen and oxygen atoms in total. The van der Waals surface area contributed by atoms with E-state index in [0.717, 1.165) is 11.3 Å². The van der Waals surface area contributed by atoms with Crippen molar-refractivity contribution >= 4 is 12.0 Å². The van der Waals surface area contributed by atoms with Crippen LogP contribution in [-0.2, 0) is 9.53 Å². The molecule has 0 atom stereocenters. The molecule has 4 rings (SSSR count). The monoisotopic (exact) mass is 387 g/mol. The quantitative estimate of drug-likeness (QED) is 0.387. The molecule has 0 bridgehead atoms. The summed E-state index contributed by atoms with van der Waals surface area (Å²) in [7, 11) is 1.24. The Morgan fingerprint density at radius 2 is 1.93 bits per heavy atom. The van der Waals surface area contributed by atoms with Crippen molar-refractivity contribution in [1.82, 2.24) is 9.78 Å². The van der Waals surface area contributed by atoms with Crippen LogP contribution in [0.4, 0.5) is 0 Å². The zero-order valence-corrected chi connectivity index (χ0v) is 15.7. The number of fused-ring (bicyclic) bond motifs is 1. The molecule has 144 valence electrons. The normalized spacial score (nSPS) is 12.9. The Morgan fingerprint density at radius 1 is 1.17 bits per heavy atom. The second-order valence-corrected chi connectivity index (χ2v) is 6.23. The lowest BCUT2D eigenvalue weighted by atomic mass is 10.1. The van der Waals surface area contributed by atoms with Crippen LogP contribution in [0.15, 0.2) is 60.3 Å². The van der Waals surface area contributed by atoms with Gasteiger partial charge in [0.1, 0.15) is 30.6 Å². The average molecular weight is 387 g/mol. The molecular formula is C22H17N3O4. The number of para-hydroxylation sites is 1. The molecule has 1 aliphatic rings. The number of ether oxygens (including phenoxy) is 3. The van der Waals surface area contributed by atoms with Crippen LogP contribution in [0.3, 0.4) is 0 Å². The zero-order chi connectivity index (χ0) is 20.2. The fraction of sp³-hybridized carbons (Fsp3) is 0.136. The Kier molecular flexibility index (Phi) is 4.99. The third-order valence-electron chi connectivity index (χ3n) is 4.40. The van der Waals surface area contributed by atoms with Crippen LogP contribution in [0.1, 0.15) is 5.56 Å². The first kappa shape index (κ1) is 18.3. The fourth-order valence-electron chi connectivity index (χ4n) is 3.02. The maximum absolute atomic E-state index is 11.9. The van der Waals surface area contributed by atoms with Gasteiger partial charge < -0.3 is 14.2 Å². The van der Waals surface area contributed by atoms with E-state index in [1.807, 2.05) is 54.6 Å². The number of carbonyl (C=O) groups excluding carboxylic acids is 1. The maximum Gasteiger partial charge on any atom is 0.348 e. The molecule has 0 spiro atoms. The van der Waals surface area contributed by atoms with Crippen molar-refractivity contribution in [3.05, 3.63) is 65.9 Å². The van der Waals surface area contributed by atoms with Crippen LogP contribution in [0.2, 0.25) is 0 Å². The van der Waals surface area contributed by atoms with Crippen molar-refractivity contribution in [1.29, 1.82) is 5.26 Å². The largest absolute Gasteiger partial charge is 0.486 e. The Morgan fingerprint density at radius 3 is 2.66 bits per heavy atom. The molecule has 0 saturated carbocycles. The Bertz CT molecular complexity index is 1130. The lowest BCUT2D eigenvalue weighted by Gasteiger charge is -2.18. The number of benzene rings is 2. The van der Waals surface area contributed by atoms with E-state index < -0.39 is 5.97 Å². The minimum Gasteiger partial charge on any atom is -0.486 e. The summed E-state index contributed by atoms with van der Waals surface area (Å²) in [5.74, 6) is 0.603. The van der Waals surface area contributed by atoms with E-state index in [2.05, 4.69) is 5.10 Å². The first-order valence-corrected chi connectivity index (χ1v) is 8.95. The Hall–Kier alpha value is -4.05. The van der Waals surface area contributed by atoms with Crippen molar-refractivity contribution < 1.29 is 19.0 Å². The lowest BCUT2D eigenvalue weighted by molar-refractivity contribution is -0.135. The van der Waals surface area contributed by atoms with Crippen molar-refractivity contribution in [3.8, 4) is 34.5 Å². The molecule has 0 amide bonds. The summed E-state index contributed by atoms with van der Waals surface area (Å²) in [6.45, 7) is 0.982. The molecule has 0 unspecified atom stereocenters. The standard InChI is InChI=1S/C22H17N3O4/c1-27-22(26)16(13-23)11-17-14-25(18-5-3-2-4-6-18)24-21(17)15-7-8-19-20(12-15)29-10-9-28-19/h2-8,11-12,14H,9-10H2,1H3/b16-11+. The zero-order valence-electron chi connectivity index (χ0n) is 15.7. The van der Waals surface area contributed by atoms with Gasteiger partial charge in [-0.2, -0.15) is 10.4 Å². The van der Waals surface area contributed by atoms with Gasteiger partial charge in [0, 0.05) is 17.3 Å². The van der Waals surface area contributed by atoms with Crippen LogP contribution in [-0.4, -0.2) is 36.1 Å². The summed E-state index contributed by atoms with van der Waals surface area (Å²) in [5.41, 5.74) is 2.72. The number of nitriles is 1. The van der Waals surface area contributed by atoms with Gasteiger partial charge in [-0.3, -0.25) is 0 Å². The van der Waals surface area contributed by atoms with Gasteiger partial charge in [0.15, 0.2) is 11.5 Å².